The highest BCUT2D eigenvalue weighted by Gasteiger charge is 2.24. The molecule has 0 aliphatic rings. The van der Waals surface area contributed by atoms with Crippen molar-refractivity contribution < 1.29 is 0 Å². The number of hydrogen-bond donors (Lipinski definition) is 0. The quantitative estimate of drug-likeness (QED) is 0.229. The van der Waals surface area contributed by atoms with Gasteiger partial charge in [0.1, 0.15) is 0 Å². The first kappa shape index (κ1) is 22.2. The van der Waals surface area contributed by atoms with Gasteiger partial charge in [0.25, 0.3) is 0 Å². The number of benzene rings is 4. The highest BCUT2D eigenvalue weighted by molar-refractivity contribution is 6.09. The van der Waals surface area contributed by atoms with E-state index in [2.05, 4.69) is 140 Å². The van der Waals surface area contributed by atoms with E-state index in [1.54, 1.807) is 0 Å². The van der Waals surface area contributed by atoms with Gasteiger partial charge in [-0.2, -0.15) is 0 Å². The molecule has 3 heterocycles. The Morgan fingerprint density at radius 1 is 0.514 bits per heavy atom. The monoisotopic (exact) mass is 484 g/mol. The van der Waals surface area contributed by atoms with Crippen molar-refractivity contribution in [3.05, 3.63) is 84.9 Å². The molecule has 4 aromatic carbocycles. The normalized spacial score (nSPS) is 13.1. The van der Waals surface area contributed by atoms with Gasteiger partial charge in [-0.3, -0.25) is 4.40 Å². The second kappa shape index (κ2) is 7.25. The molecule has 0 saturated carbocycles. The topological polar surface area (TPSA) is 27.2 Å². The van der Waals surface area contributed by atoms with Gasteiger partial charge >= 0.3 is 0 Å². The molecule has 0 unspecified atom stereocenters. The van der Waals surface area contributed by atoms with Gasteiger partial charge in [-0.15, -0.1) is 0 Å². The van der Waals surface area contributed by atoms with Crippen molar-refractivity contribution in [3.63, 3.8) is 0 Å². The molecular weight excluding hydrogens is 452 g/mol. The second-order valence-corrected chi connectivity index (χ2v) is 12.2. The molecule has 0 fully saturated rings. The molecule has 3 aromatic heterocycles. The minimum absolute atomic E-state index is 0.0293. The molecule has 184 valence electrons. The fraction of sp³-hybridized carbons (Fsp3) is 0.242. The average Bonchev–Trinajstić information content (AvgIpc) is 3.48. The molecular formula is C33H32N4. The van der Waals surface area contributed by atoms with E-state index in [1.807, 2.05) is 0 Å². The van der Waals surface area contributed by atoms with Crippen LogP contribution < -0.4 is 0 Å². The number of nitrogens with zero attached hydrogens (tertiary/aromatic N) is 4. The summed E-state index contributed by atoms with van der Waals surface area (Å²) in [5.41, 5.74) is 9.41. The third-order valence-electron chi connectivity index (χ3n) is 7.55. The van der Waals surface area contributed by atoms with Gasteiger partial charge < -0.3 is 9.13 Å². The minimum Gasteiger partial charge on any atom is -0.335 e. The molecule has 0 saturated heterocycles. The van der Waals surface area contributed by atoms with Gasteiger partial charge in [0.15, 0.2) is 0 Å². The van der Waals surface area contributed by atoms with Crippen LogP contribution in [-0.2, 0) is 11.1 Å². The van der Waals surface area contributed by atoms with E-state index in [4.69, 9.17) is 4.98 Å². The van der Waals surface area contributed by atoms with Crippen LogP contribution in [0, 0.1) is 0 Å². The Morgan fingerprint density at radius 3 is 1.84 bits per heavy atom. The van der Waals surface area contributed by atoms with Crippen LogP contribution in [0.1, 0.15) is 41.5 Å². The number of aromatic nitrogens is 4. The van der Waals surface area contributed by atoms with E-state index >= 15 is 0 Å². The lowest BCUT2D eigenvalue weighted by atomic mass is 10.0. The van der Waals surface area contributed by atoms with Gasteiger partial charge in [-0.05, 0) is 89.1 Å². The van der Waals surface area contributed by atoms with Crippen LogP contribution in [0.3, 0.4) is 0 Å². The Kier molecular flexibility index (Phi) is 4.35. The van der Waals surface area contributed by atoms with E-state index in [-0.39, 0.29) is 11.1 Å². The summed E-state index contributed by atoms with van der Waals surface area (Å²) in [4.78, 5) is 5.18. The van der Waals surface area contributed by atoms with Crippen molar-refractivity contribution in [2.45, 2.75) is 52.6 Å². The Hall–Kier alpha value is -4.05. The minimum atomic E-state index is -0.0834. The maximum Gasteiger partial charge on any atom is 0.216 e. The van der Waals surface area contributed by atoms with Crippen LogP contribution in [0.25, 0.3) is 60.8 Å². The van der Waals surface area contributed by atoms with Crippen LogP contribution in [0.4, 0.5) is 0 Å². The number of fused-ring (bicyclic) bond motifs is 8. The first-order valence-electron chi connectivity index (χ1n) is 13.1. The van der Waals surface area contributed by atoms with Crippen LogP contribution in [-0.4, -0.2) is 18.5 Å². The van der Waals surface area contributed by atoms with E-state index in [9.17, 15) is 0 Å². The third kappa shape index (κ3) is 3.11. The van der Waals surface area contributed by atoms with Gasteiger partial charge in [0, 0.05) is 27.4 Å². The van der Waals surface area contributed by atoms with Crippen LogP contribution in [0.15, 0.2) is 84.9 Å². The summed E-state index contributed by atoms with van der Waals surface area (Å²) in [7, 11) is 0. The molecule has 0 N–H and O–H groups in total. The molecule has 0 atom stereocenters. The zero-order valence-corrected chi connectivity index (χ0v) is 22.4. The van der Waals surface area contributed by atoms with E-state index in [0.717, 1.165) is 16.8 Å². The Morgan fingerprint density at radius 2 is 1.11 bits per heavy atom. The van der Waals surface area contributed by atoms with Crippen LogP contribution in [0.5, 0.6) is 0 Å². The van der Waals surface area contributed by atoms with Crippen LogP contribution in [0.2, 0.25) is 0 Å². The summed E-state index contributed by atoms with van der Waals surface area (Å²) in [6.07, 6.45) is 0. The first-order chi connectivity index (χ1) is 17.6. The summed E-state index contributed by atoms with van der Waals surface area (Å²) >= 11 is 0. The molecule has 7 aromatic rings. The van der Waals surface area contributed by atoms with E-state index in [0.29, 0.717) is 0 Å². The van der Waals surface area contributed by atoms with Gasteiger partial charge in [0.05, 0.1) is 27.6 Å². The summed E-state index contributed by atoms with van der Waals surface area (Å²) < 4.78 is 7.14. The summed E-state index contributed by atoms with van der Waals surface area (Å²) in [5, 5.41) is 2.61. The Labute approximate surface area is 216 Å². The third-order valence-corrected chi connectivity index (χ3v) is 7.55. The second-order valence-electron chi connectivity index (χ2n) is 12.2. The van der Waals surface area contributed by atoms with Gasteiger partial charge in [-0.25, -0.2) is 4.98 Å². The number of para-hydroxylation sites is 3. The lowest BCUT2D eigenvalue weighted by molar-refractivity contribution is 0.419. The largest absolute Gasteiger partial charge is 0.335 e. The summed E-state index contributed by atoms with van der Waals surface area (Å²) in [6.45, 7) is 13.6. The molecule has 0 amide bonds. The van der Waals surface area contributed by atoms with Gasteiger partial charge in [0.2, 0.25) is 5.78 Å². The highest BCUT2D eigenvalue weighted by Crippen LogP contribution is 2.37. The molecule has 7 rings (SSSR count). The molecule has 0 radical (unpaired) electrons. The maximum atomic E-state index is 5.18. The lowest BCUT2D eigenvalue weighted by Crippen LogP contribution is -2.21. The lowest BCUT2D eigenvalue weighted by Gasteiger charge is -2.24. The van der Waals surface area contributed by atoms with Crippen molar-refractivity contribution >= 4 is 49.7 Å². The van der Waals surface area contributed by atoms with E-state index < -0.39 is 0 Å². The number of imidazole rings is 2. The predicted octanol–water partition coefficient (Wildman–Crippen LogP) is 8.73. The molecule has 0 aliphatic heterocycles. The maximum absolute atomic E-state index is 5.18. The number of rotatable bonds is 1. The zero-order chi connectivity index (χ0) is 25.7. The molecule has 4 nitrogen and oxygen atoms in total. The molecule has 0 bridgehead atoms. The van der Waals surface area contributed by atoms with Crippen molar-refractivity contribution in [3.8, 4) is 11.1 Å². The van der Waals surface area contributed by atoms with Crippen molar-refractivity contribution in [1.82, 2.24) is 18.5 Å². The highest BCUT2D eigenvalue weighted by atomic mass is 15.2. The zero-order valence-electron chi connectivity index (χ0n) is 22.4. The molecule has 0 spiro atoms. The summed E-state index contributed by atoms with van der Waals surface area (Å²) in [6, 6.07) is 30.9. The molecule has 37 heavy (non-hydrogen) atoms. The van der Waals surface area contributed by atoms with Crippen molar-refractivity contribution in [2.75, 3.05) is 0 Å². The fourth-order valence-corrected chi connectivity index (χ4v) is 6.12. The number of hydrogen-bond acceptors (Lipinski definition) is 1. The van der Waals surface area contributed by atoms with Gasteiger partial charge in [-0.1, -0.05) is 48.5 Å². The Balaban J connectivity index is 1.48. The average molecular weight is 485 g/mol. The predicted molar refractivity (Wildman–Crippen MR) is 157 cm³/mol. The van der Waals surface area contributed by atoms with Crippen molar-refractivity contribution in [2.24, 2.45) is 0 Å². The fourth-order valence-electron chi connectivity index (χ4n) is 6.12. The Bertz CT molecular complexity index is 2000. The van der Waals surface area contributed by atoms with E-state index in [1.165, 1.54) is 44.0 Å². The van der Waals surface area contributed by atoms with Crippen LogP contribution >= 0.6 is 0 Å². The SMILES string of the molecule is CC(C)(C)n1c2ccccc2c2ccc(-c3ccc4c(c3)nc3n(C(C)(C)C)c5ccccc5n43)cc21. The summed E-state index contributed by atoms with van der Waals surface area (Å²) in [5.74, 6) is 0.990. The first-order valence-corrected chi connectivity index (χ1v) is 13.1. The van der Waals surface area contributed by atoms with Crippen molar-refractivity contribution in [1.29, 1.82) is 0 Å². The smallest absolute Gasteiger partial charge is 0.216 e. The molecule has 0 aliphatic carbocycles. The standard InChI is InChI=1S/C33H32N4/c1-32(2,3)36-26-12-8-7-11-23(26)24-17-15-22(20-30(24)36)21-16-18-27-25(19-21)34-31-35(27)28-13-9-10-14-29(28)37(31)33(4,5)6/h7-20H,1-6H3. The molecule has 4 heteroatoms.